The molecule has 0 spiro atoms. The van der Waals surface area contributed by atoms with Crippen LogP contribution >= 0.6 is 0 Å². The van der Waals surface area contributed by atoms with E-state index >= 15 is 0 Å². The number of rotatable bonds is 7. The molecule has 1 aromatic heterocycles. The largest absolute Gasteiger partial charge is 0.506 e. The van der Waals surface area contributed by atoms with Crippen molar-refractivity contribution in [2.75, 3.05) is 23.0 Å². The van der Waals surface area contributed by atoms with Gasteiger partial charge in [-0.1, -0.05) is 29.8 Å². The van der Waals surface area contributed by atoms with Crippen molar-refractivity contribution in [3.63, 3.8) is 0 Å². The van der Waals surface area contributed by atoms with E-state index < -0.39 is 11.6 Å². The van der Waals surface area contributed by atoms with Crippen LogP contribution in [-0.4, -0.2) is 35.0 Å². The second-order valence-corrected chi connectivity index (χ2v) is 9.34. The highest BCUT2D eigenvalue weighted by atomic mass is 16.4. The highest BCUT2D eigenvalue weighted by Gasteiger charge is 2.33. The van der Waals surface area contributed by atoms with Gasteiger partial charge in [0.1, 0.15) is 16.9 Å². The third kappa shape index (κ3) is 4.49. The number of carbonyl (C=O) groups is 1. The fourth-order valence-electron chi connectivity index (χ4n) is 4.92. The number of hydrogen-bond donors (Lipinski definition) is 2. The van der Waals surface area contributed by atoms with E-state index in [2.05, 4.69) is 4.90 Å². The normalized spacial score (nSPS) is 15.1. The smallest absolute Gasteiger partial charge is 0.349 e. The summed E-state index contributed by atoms with van der Waals surface area (Å²) in [5, 5.41) is 27.5. The number of anilines is 2. The van der Waals surface area contributed by atoms with Gasteiger partial charge in [-0.25, -0.2) is 9.59 Å². The second-order valence-electron chi connectivity index (χ2n) is 9.34. The maximum absolute atomic E-state index is 13.2. The highest BCUT2D eigenvalue weighted by Crippen LogP contribution is 2.39. The van der Waals surface area contributed by atoms with E-state index in [1.54, 1.807) is 29.3 Å². The Hall–Kier alpha value is -4.59. The molecule has 0 fully saturated rings. The average molecular weight is 512 g/mol. The monoisotopic (exact) mass is 511 g/mol. The van der Waals surface area contributed by atoms with E-state index in [0.29, 0.717) is 28.8 Å². The number of fused-ring (bicyclic) bond motifs is 1. The van der Waals surface area contributed by atoms with Crippen LogP contribution in [0.3, 0.4) is 0 Å². The van der Waals surface area contributed by atoms with E-state index in [9.17, 15) is 19.8 Å². The minimum atomic E-state index is -1.01. The summed E-state index contributed by atoms with van der Waals surface area (Å²) < 4.78 is 5.70. The van der Waals surface area contributed by atoms with Crippen molar-refractivity contribution in [1.29, 1.82) is 0 Å². The Morgan fingerprint density at radius 3 is 2.37 bits per heavy atom. The predicted molar refractivity (Wildman–Crippen MR) is 149 cm³/mol. The maximum Gasteiger partial charge on any atom is 0.349 e. The summed E-state index contributed by atoms with van der Waals surface area (Å²) in [4.78, 5) is 26.7. The fraction of sp³-hybridized carbons (Fsp3) is 0.233. The van der Waals surface area contributed by atoms with Gasteiger partial charge in [0.2, 0.25) is 0 Å². The van der Waals surface area contributed by atoms with E-state index in [4.69, 9.17) is 9.52 Å². The number of carboxylic acid groups (broad SMARTS) is 1. The van der Waals surface area contributed by atoms with Crippen LogP contribution in [0.5, 0.6) is 5.75 Å². The molecule has 5 rings (SSSR count). The summed E-state index contributed by atoms with van der Waals surface area (Å²) in [7, 11) is 0. The van der Waals surface area contributed by atoms with Crippen LogP contribution < -0.4 is 15.5 Å². The maximum atomic E-state index is 13.2. The van der Waals surface area contributed by atoms with Crippen LogP contribution in [0.15, 0.2) is 81.0 Å². The molecular formula is C30H29N3O5. The average Bonchev–Trinajstić information content (AvgIpc) is 3.34. The van der Waals surface area contributed by atoms with E-state index in [1.165, 1.54) is 12.1 Å². The first kappa shape index (κ1) is 25.1. The third-order valence-corrected chi connectivity index (χ3v) is 7.03. The lowest BCUT2D eigenvalue weighted by Crippen LogP contribution is -2.21. The number of aromatic carboxylic acids is 1. The van der Waals surface area contributed by atoms with Crippen molar-refractivity contribution < 1.29 is 19.4 Å². The number of carboxylic acids is 1. The first-order valence-electron chi connectivity index (χ1n) is 12.6. The standard InChI is InChI=1S/C30H29N3O5/c1-4-32(5-2)22-14-15-23-26(16-22)38-30(37)27(28(23)34)24-17-25(19-8-6-18(3)7-9-19)33(31-24)21-12-10-20(11-13-21)29(35)36/h6-16,25,34H,4-5,17H2,1-3H3,(H,35,36). The summed E-state index contributed by atoms with van der Waals surface area (Å²) in [6.45, 7) is 7.71. The van der Waals surface area contributed by atoms with Crippen LogP contribution in [0.25, 0.3) is 11.0 Å². The molecule has 8 heteroatoms. The molecule has 38 heavy (non-hydrogen) atoms. The van der Waals surface area contributed by atoms with Crippen LogP contribution in [0.2, 0.25) is 0 Å². The molecule has 2 N–H and O–H groups in total. The molecule has 0 amide bonds. The van der Waals surface area contributed by atoms with Crippen molar-refractivity contribution in [2.24, 2.45) is 5.10 Å². The van der Waals surface area contributed by atoms with Gasteiger partial charge in [-0.05, 0) is 62.7 Å². The molecule has 4 aromatic rings. The van der Waals surface area contributed by atoms with E-state index in [-0.39, 0.29) is 22.9 Å². The Bertz CT molecular complexity index is 1590. The van der Waals surface area contributed by atoms with Crippen molar-refractivity contribution in [2.45, 2.75) is 33.2 Å². The lowest BCUT2D eigenvalue weighted by molar-refractivity contribution is 0.0697. The topological polar surface area (TPSA) is 107 Å². The fourth-order valence-corrected chi connectivity index (χ4v) is 4.92. The summed E-state index contributed by atoms with van der Waals surface area (Å²) in [5.41, 5.74) is 3.93. The number of hydrogen-bond acceptors (Lipinski definition) is 7. The number of aromatic hydroxyl groups is 1. The van der Waals surface area contributed by atoms with Crippen LogP contribution in [-0.2, 0) is 0 Å². The van der Waals surface area contributed by atoms with Crippen LogP contribution in [0.4, 0.5) is 11.4 Å². The zero-order valence-corrected chi connectivity index (χ0v) is 21.5. The summed E-state index contributed by atoms with van der Waals surface area (Å²) >= 11 is 0. The first-order valence-corrected chi connectivity index (χ1v) is 12.6. The molecule has 8 nitrogen and oxygen atoms in total. The molecular weight excluding hydrogens is 482 g/mol. The molecule has 0 saturated heterocycles. The predicted octanol–water partition coefficient (Wildman–Crippen LogP) is 5.71. The SMILES string of the molecule is CCN(CC)c1ccc2c(O)c(C3=NN(c4ccc(C(=O)O)cc4)C(c4ccc(C)cc4)C3)c(=O)oc2c1. The molecule has 0 bridgehead atoms. The molecule has 3 aromatic carbocycles. The molecule has 0 aliphatic carbocycles. The Balaban J connectivity index is 1.60. The second kappa shape index (κ2) is 10.0. The molecule has 0 saturated carbocycles. The third-order valence-electron chi connectivity index (χ3n) is 7.03. The lowest BCUT2D eigenvalue weighted by atomic mass is 9.97. The van der Waals surface area contributed by atoms with Crippen molar-refractivity contribution in [3.8, 4) is 5.75 Å². The van der Waals surface area contributed by atoms with Gasteiger partial charge in [-0.2, -0.15) is 5.10 Å². The molecule has 1 unspecified atom stereocenters. The highest BCUT2D eigenvalue weighted by molar-refractivity contribution is 6.08. The van der Waals surface area contributed by atoms with Gasteiger partial charge < -0.3 is 19.5 Å². The number of hydrazone groups is 1. The van der Waals surface area contributed by atoms with Gasteiger partial charge in [0.25, 0.3) is 0 Å². The first-order chi connectivity index (χ1) is 18.3. The number of benzene rings is 3. The van der Waals surface area contributed by atoms with Gasteiger partial charge in [0.05, 0.1) is 28.4 Å². The molecule has 0 radical (unpaired) electrons. The Kier molecular flexibility index (Phi) is 6.63. The quantitative estimate of drug-likeness (QED) is 0.306. The van der Waals surface area contributed by atoms with E-state index in [1.807, 2.05) is 51.1 Å². The minimum Gasteiger partial charge on any atom is -0.506 e. The van der Waals surface area contributed by atoms with Gasteiger partial charge >= 0.3 is 11.6 Å². The zero-order valence-electron chi connectivity index (χ0n) is 21.5. The number of aryl methyl sites for hydroxylation is 1. The van der Waals surface area contributed by atoms with Crippen molar-refractivity contribution in [3.05, 3.63) is 99.4 Å². The summed E-state index contributed by atoms with van der Waals surface area (Å²) in [6.07, 6.45) is 0.352. The molecule has 1 atom stereocenters. The minimum absolute atomic E-state index is 0.0369. The molecule has 1 aliphatic rings. The molecule has 1 aliphatic heterocycles. The zero-order chi connectivity index (χ0) is 27.0. The lowest BCUT2D eigenvalue weighted by Gasteiger charge is -2.24. The van der Waals surface area contributed by atoms with Crippen LogP contribution in [0.1, 0.15) is 53.4 Å². The Morgan fingerprint density at radius 2 is 1.74 bits per heavy atom. The van der Waals surface area contributed by atoms with Gasteiger partial charge in [-0.3, -0.25) is 5.01 Å². The molecule has 194 valence electrons. The molecule has 2 heterocycles. The summed E-state index contributed by atoms with van der Waals surface area (Å²) in [5.74, 6) is -1.17. The van der Waals surface area contributed by atoms with Crippen molar-refractivity contribution in [1.82, 2.24) is 0 Å². The Morgan fingerprint density at radius 1 is 1.05 bits per heavy atom. The number of nitrogens with zero attached hydrogens (tertiary/aromatic N) is 3. The Labute approximate surface area is 220 Å². The van der Waals surface area contributed by atoms with Gasteiger partial charge in [0.15, 0.2) is 0 Å². The van der Waals surface area contributed by atoms with Gasteiger partial charge in [-0.15, -0.1) is 0 Å². The van der Waals surface area contributed by atoms with E-state index in [0.717, 1.165) is 29.9 Å². The van der Waals surface area contributed by atoms with Crippen LogP contribution in [0, 0.1) is 6.92 Å². The van der Waals surface area contributed by atoms with Crippen molar-refractivity contribution >= 4 is 34.0 Å². The van der Waals surface area contributed by atoms with Gasteiger partial charge in [0, 0.05) is 31.3 Å². The summed E-state index contributed by atoms with van der Waals surface area (Å²) in [6, 6.07) is 19.6.